The third-order valence-corrected chi connectivity index (χ3v) is 11.2. The summed E-state index contributed by atoms with van der Waals surface area (Å²) in [5.74, 6) is 3.45. The molecule has 2 aromatic carbocycles. The van der Waals surface area contributed by atoms with Gasteiger partial charge >= 0.3 is 0 Å². The van der Waals surface area contributed by atoms with Crippen molar-refractivity contribution < 1.29 is 4.74 Å². The number of hydrogen-bond donors (Lipinski definition) is 0. The molecule has 0 amide bonds. The first-order chi connectivity index (χ1) is 27.7. The van der Waals surface area contributed by atoms with E-state index in [1.807, 2.05) is 24.5 Å². The smallest absolute Gasteiger partial charge is 0.153 e. The van der Waals surface area contributed by atoms with Gasteiger partial charge in [-0.15, -0.1) is 0 Å². The standard InChI is InChI=1S/C42H48N14O/c1-45-13-17-51(25-45)33-23-39(37(53-19-15-47(3)27-53)21-35(33)55-29-49(5)41-31(55)9-7-11-43-41)57-40-24-34(52-18-14-46(2)26-52)36(22-38(40)54-20-16-48(4)28-54)56-30-50(6)42-32(56)10-8-12-44-42/h7-24H,25-30H2,1-6H3. The second-order valence-electron chi connectivity index (χ2n) is 15.6. The highest BCUT2D eigenvalue weighted by atomic mass is 16.5. The van der Waals surface area contributed by atoms with E-state index in [0.29, 0.717) is 40.0 Å². The van der Waals surface area contributed by atoms with Crippen LogP contribution in [0.2, 0.25) is 0 Å². The van der Waals surface area contributed by atoms with Crippen LogP contribution in [-0.4, -0.2) is 112 Å². The Morgan fingerprint density at radius 2 is 0.772 bits per heavy atom. The number of anilines is 10. The van der Waals surface area contributed by atoms with Crippen LogP contribution in [0.4, 0.5) is 57.1 Å². The Balaban J connectivity index is 1.16. The normalized spacial score (nSPS) is 18.3. The van der Waals surface area contributed by atoms with Crippen LogP contribution in [0, 0.1) is 0 Å². The number of fused-ring (bicyclic) bond motifs is 2. The lowest BCUT2D eigenvalue weighted by molar-refractivity contribution is 0.465. The summed E-state index contributed by atoms with van der Waals surface area (Å²) in [7, 11) is 12.6. The van der Waals surface area contributed by atoms with Crippen molar-refractivity contribution in [2.24, 2.45) is 0 Å². The second kappa shape index (κ2) is 13.4. The van der Waals surface area contributed by atoms with E-state index < -0.39 is 0 Å². The van der Waals surface area contributed by atoms with Gasteiger partial charge in [0, 0.05) is 116 Å². The number of pyridine rings is 2. The summed E-state index contributed by atoms with van der Waals surface area (Å²) >= 11 is 0. The molecule has 10 rings (SSSR count). The molecule has 0 spiro atoms. The van der Waals surface area contributed by atoms with Gasteiger partial charge in [0.2, 0.25) is 0 Å². The number of benzene rings is 2. The van der Waals surface area contributed by atoms with Gasteiger partial charge in [-0.1, -0.05) is 0 Å². The van der Waals surface area contributed by atoms with E-state index in [0.717, 1.165) is 68.6 Å². The first-order valence-corrected chi connectivity index (χ1v) is 19.2. The number of ether oxygens (including phenoxy) is 1. The average Bonchev–Trinajstić information content (AvgIpc) is 4.09. The lowest BCUT2D eigenvalue weighted by Gasteiger charge is -2.32. The Labute approximate surface area is 334 Å². The van der Waals surface area contributed by atoms with Crippen LogP contribution in [0.25, 0.3) is 0 Å². The first-order valence-electron chi connectivity index (χ1n) is 19.2. The molecule has 0 atom stereocenters. The summed E-state index contributed by atoms with van der Waals surface area (Å²) in [6.45, 7) is 4.16. The van der Waals surface area contributed by atoms with Gasteiger partial charge < -0.3 is 63.5 Å². The van der Waals surface area contributed by atoms with Gasteiger partial charge in [-0.2, -0.15) is 0 Å². The summed E-state index contributed by atoms with van der Waals surface area (Å²) in [5.41, 5.74) is 8.34. The minimum absolute atomic E-state index is 0.675. The van der Waals surface area contributed by atoms with E-state index >= 15 is 0 Å². The van der Waals surface area contributed by atoms with Gasteiger partial charge in [0.25, 0.3) is 0 Å². The molecule has 0 aliphatic carbocycles. The largest absolute Gasteiger partial charge is 0.453 e. The van der Waals surface area contributed by atoms with Crippen molar-refractivity contribution in [2.75, 3.05) is 121 Å². The summed E-state index contributed by atoms with van der Waals surface area (Å²) < 4.78 is 7.41. The Bertz CT molecular complexity index is 2180. The molecule has 6 aliphatic heterocycles. The number of rotatable bonds is 8. The molecule has 2 aromatic heterocycles. The van der Waals surface area contributed by atoms with Crippen LogP contribution in [0.15, 0.2) is 111 Å². The summed E-state index contributed by atoms with van der Waals surface area (Å²) in [5, 5.41) is 0. The van der Waals surface area contributed by atoms with Gasteiger partial charge in [0.15, 0.2) is 23.1 Å². The maximum Gasteiger partial charge on any atom is 0.153 e. The van der Waals surface area contributed by atoms with Crippen LogP contribution < -0.4 is 43.9 Å². The van der Waals surface area contributed by atoms with Crippen LogP contribution in [0.1, 0.15) is 0 Å². The molecule has 0 saturated heterocycles. The average molecular weight is 765 g/mol. The molecule has 57 heavy (non-hydrogen) atoms. The molecule has 292 valence electrons. The second-order valence-corrected chi connectivity index (χ2v) is 15.6. The number of hydrogen-bond acceptors (Lipinski definition) is 15. The van der Waals surface area contributed by atoms with E-state index in [1.54, 1.807) is 0 Å². The molecular formula is C42H48N14O. The molecule has 15 heteroatoms. The topological polar surface area (TPSA) is 73.9 Å². The van der Waals surface area contributed by atoms with Gasteiger partial charge in [0.1, 0.15) is 0 Å². The van der Waals surface area contributed by atoms with Gasteiger partial charge in [-0.25, -0.2) is 9.97 Å². The van der Waals surface area contributed by atoms with E-state index in [1.165, 1.54) is 0 Å². The molecular weight excluding hydrogens is 717 g/mol. The third kappa shape index (κ3) is 5.97. The van der Waals surface area contributed by atoms with Crippen molar-refractivity contribution >= 4 is 57.1 Å². The lowest BCUT2D eigenvalue weighted by Crippen LogP contribution is -2.29. The maximum atomic E-state index is 7.41. The molecule has 4 aromatic rings. The Morgan fingerprint density at radius 1 is 0.404 bits per heavy atom. The van der Waals surface area contributed by atoms with Crippen LogP contribution >= 0.6 is 0 Å². The summed E-state index contributed by atoms with van der Waals surface area (Å²) in [6, 6.07) is 17.4. The third-order valence-electron chi connectivity index (χ3n) is 11.2. The molecule has 0 radical (unpaired) electrons. The van der Waals surface area contributed by atoms with Crippen molar-refractivity contribution in [2.45, 2.75) is 0 Å². The van der Waals surface area contributed by atoms with Crippen molar-refractivity contribution in [3.63, 3.8) is 0 Å². The van der Waals surface area contributed by atoms with E-state index in [-0.39, 0.29) is 0 Å². The predicted octanol–water partition coefficient (Wildman–Crippen LogP) is 6.08. The highest BCUT2D eigenvalue weighted by Gasteiger charge is 2.34. The zero-order valence-electron chi connectivity index (χ0n) is 33.3. The van der Waals surface area contributed by atoms with E-state index in [9.17, 15) is 0 Å². The van der Waals surface area contributed by atoms with Crippen molar-refractivity contribution in [3.8, 4) is 11.5 Å². The monoisotopic (exact) mass is 764 g/mol. The van der Waals surface area contributed by atoms with Gasteiger partial charge in [-0.3, -0.25) is 0 Å². The van der Waals surface area contributed by atoms with Crippen LogP contribution in [0.5, 0.6) is 11.5 Å². The highest BCUT2D eigenvalue weighted by molar-refractivity contribution is 5.92. The zero-order chi connectivity index (χ0) is 38.9. The van der Waals surface area contributed by atoms with Gasteiger partial charge in [-0.05, 0) is 36.4 Å². The number of nitrogens with zero attached hydrogens (tertiary/aromatic N) is 14. The van der Waals surface area contributed by atoms with E-state index in [2.05, 4.69) is 187 Å². The summed E-state index contributed by atoms with van der Waals surface area (Å²) in [4.78, 5) is 36.5. The maximum absolute atomic E-state index is 7.41. The Hall–Kier alpha value is -6.90. The fourth-order valence-electron chi connectivity index (χ4n) is 8.37. The summed E-state index contributed by atoms with van der Waals surface area (Å²) in [6.07, 6.45) is 20.7. The van der Waals surface area contributed by atoms with Crippen LogP contribution in [0.3, 0.4) is 0 Å². The molecule has 0 unspecified atom stereocenters. The Kier molecular flexibility index (Phi) is 8.12. The molecule has 0 bridgehead atoms. The number of aromatic nitrogens is 2. The lowest BCUT2D eigenvalue weighted by atomic mass is 10.1. The minimum Gasteiger partial charge on any atom is -0.453 e. The molecule has 15 nitrogen and oxygen atoms in total. The molecule has 0 saturated carbocycles. The predicted molar refractivity (Wildman–Crippen MR) is 229 cm³/mol. The SMILES string of the molecule is CN1C=CN(c2cc(N3CN(C)c4ncccc43)c(N3C=CN(C)C3)cc2Oc2cc(N3C=CN(C)C3)c(N3CN(C)c4ncccc43)cc2N2C=CN(C)C2)C1. The van der Waals surface area contributed by atoms with Crippen LogP contribution in [-0.2, 0) is 0 Å². The molecule has 0 fully saturated rings. The van der Waals surface area contributed by atoms with Gasteiger partial charge in [0.05, 0.1) is 85.5 Å². The quantitative estimate of drug-likeness (QED) is 0.208. The molecule has 8 heterocycles. The Morgan fingerprint density at radius 3 is 1.12 bits per heavy atom. The highest BCUT2D eigenvalue weighted by Crippen LogP contribution is 2.52. The van der Waals surface area contributed by atoms with Crippen molar-refractivity contribution in [1.82, 2.24) is 29.6 Å². The van der Waals surface area contributed by atoms with Crippen molar-refractivity contribution in [3.05, 3.63) is 111 Å². The van der Waals surface area contributed by atoms with E-state index in [4.69, 9.17) is 14.7 Å². The molecule has 0 N–H and O–H groups in total. The van der Waals surface area contributed by atoms with Crippen molar-refractivity contribution in [1.29, 1.82) is 0 Å². The fourth-order valence-corrected chi connectivity index (χ4v) is 8.37. The zero-order valence-corrected chi connectivity index (χ0v) is 33.3. The fraction of sp³-hybridized carbons (Fsp3) is 0.286. The molecule has 6 aliphatic rings. The minimum atomic E-state index is 0.675. The first kappa shape index (κ1) is 34.6.